The molecule has 734 valence electrons. The topological polar surface area (TPSA) is 310 Å². The van der Waals surface area contributed by atoms with E-state index in [9.17, 15) is 0 Å². The van der Waals surface area contributed by atoms with Crippen molar-refractivity contribution in [3.63, 3.8) is 0 Å². The number of hydrogen-bond donors (Lipinski definition) is 12. The number of likely N-dealkylation sites (N-methyl/N-ethyl adjacent to an activating group) is 12. The Balaban J connectivity index is 0.000000175. The normalized spacial score (nSPS) is 22.8. The van der Waals surface area contributed by atoms with Crippen LogP contribution in [-0.4, -0.2) is 319 Å². The maximum absolute atomic E-state index is 6.05. The summed E-state index contributed by atoms with van der Waals surface area (Å²) in [5, 5.41) is 64.7. The SMILES string of the molecule is CNCCN(C)Cc1cn[nH]c1C1CCC(C)(C)CC1.CNCCN(C)Cc1cn[nH]c1C1CCC(CCOC)CC1.CNCCN(C)Cc1cn[nH]c1C1CCC(COC)CC1.CNCCN(C)Cc1cn[nH]c1C1CCC(OC(C)C)CC1.CNCCN(C)Cc1cn[nH]c1C1CCC2(CCCO2)CC1.CNCCN(C)Cc1cn[nH]c1C1CCC2(CCOC2)CC1. The summed E-state index contributed by atoms with van der Waals surface area (Å²) < 4.78 is 28.1. The second-order valence-corrected chi connectivity index (χ2v) is 41.2. The lowest BCUT2D eigenvalue weighted by atomic mass is 9.69. The van der Waals surface area contributed by atoms with E-state index in [0.717, 1.165) is 176 Å². The van der Waals surface area contributed by atoms with Gasteiger partial charge in [0.25, 0.3) is 0 Å². The van der Waals surface area contributed by atoms with Gasteiger partial charge in [-0.25, -0.2) is 0 Å². The standard InChI is InChI=1S/2C17H30N4O.2C17H32N4O.C16H30N4O.C16H30N4/c1-18-9-10-21(2)13-15-12-19-20-16(15)14-4-7-17(8-5-14)6-3-11-22-17;1-18-8-9-21(2)12-15-11-19-20-16(15)14-3-5-17(6-4-14)7-10-22-13-17;1-13(2)22-16-7-5-14(6-8-16)17-15(11-19-20-17)12-21(4)10-9-18-3;1-18-9-10-21(2)13-16-12-19-20-17(16)15-6-4-14(5-7-15)8-11-22-3;1-17-8-9-20(2)11-15-10-18-19-16(15)14-6-4-13(5-7-14)12-21-3;1-16(2)7-5-13(6-8-16)15-14(11-18-19-15)12-20(4)10-9-17-3/h12,14,18H,3-11,13H2,1-2H3,(H,19,20);11,14,18H,3-10,12-13H2,1-2H3,(H,19,20);11,13-14,16,18H,5-10,12H2,1-4H3,(H,19,20);12,14-15,18H,4-11,13H2,1-3H3,(H,19,20);10,13-14,17H,4-9,11-12H2,1-3H3,(H,18,19);11,13,17H,5-10,12H2,1-4H3,(H,18,19). The first-order valence-corrected chi connectivity index (χ1v) is 50.5. The molecule has 0 amide bonds. The zero-order chi connectivity index (χ0) is 92.2. The van der Waals surface area contributed by atoms with Crippen LogP contribution in [0.2, 0.25) is 0 Å². The molecule has 6 aromatic heterocycles. The van der Waals surface area contributed by atoms with Crippen LogP contribution < -0.4 is 31.9 Å². The fraction of sp³-hybridized carbons (Fsp3) is 0.820. The molecule has 29 heteroatoms. The molecule has 29 nitrogen and oxygen atoms in total. The van der Waals surface area contributed by atoms with Crippen LogP contribution in [0.3, 0.4) is 0 Å². The van der Waals surface area contributed by atoms with Crippen molar-refractivity contribution in [1.82, 2.24) is 122 Å². The van der Waals surface area contributed by atoms with Gasteiger partial charge in [-0.05, 0) is 301 Å². The largest absolute Gasteiger partial charge is 0.385 e. The summed E-state index contributed by atoms with van der Waals surface area (Å²) in [5.74, 6) is 5.48. The summed E-state index contributed by atoms with van der Waals surface area (Å²) in [6.45, 7) is 32.1. The first kappa shape index (κ1) is 107. The molecule has 0 atom stereocenters. The maximum atomic E-state index is 6.05. The molecule has 0 bridgehead atoms. The van der Waals surface area contributed by atoms with Crippen molar-refractivity contribution in [2.75, 3.05) is 210 Å². The molecule has 0 aromatic carbocycles. The number of aromatic nitrogens is 12. The van der Waals surface area contributed by atoms with E-state index in [-0.39, 0.29) is 5.60 Å². The van der Waals surface area contributed by atoms with Crippen LogP contribution in [0, 0.1) is 22.7 Å². The second-order valence-electron chi connectivity index (χ2n) is 41.2. The summed E-state index contributed by atoms with van der Waals surface area (Å²) >= 11 is 0. The predicted octanol–water partition coefficient (Wildman–Crippen LogP) is 14.0. The molecule has 0 unspecified atom stereocenters. The first-order valence-electron chi connectivity index (χ1n) is 50.5. The Morgan fingerprint density at radius 1 is 0.372 bits per heavy atom. The highest BCUT2D eigenvalue weighted by molar-refractivity contribution is 5.26. The van der Waals surface area contributed by atoms with Crippen molar-refractivity contribution >= 4 is 0 Å². The number of nitrogens with one attached hydrogen (secondary N) is 12. The van der Waals surface area contributed by atoms with Gasteiger partial charge in [-0.3, -0.25) is 30.6 Å². The van der Waals surface area contributed by atoms with Crippen molar-refractivity contribution in [2.24, 2.45) is 22.7 Å². The average molecular weight is 1800 g/mol. The fourth-order valence-corrected chi connectivity index (χ4v) is 21.4. The van der Waals surface area contributed by atoms with Crippen LogP contribution in [0.5, 0.6) is 0 Å². The molecule has 0 radical (unpaired) electrons. The summed E-state index contributed by atoms with van der Waals surface area (Å²) in [7, 11) is 28.6. The molecule has 12 N–H and O–H groups in total. The molecule has 2 aliphatic heterocycles. The lowest BCUT2D eigenvalue weighted by Crippen LogP contribution is -2.33. The monoisotopic (exact) mass is 1800 g/mol. The van der Waals surface area contributed by atoms with Crippen molar-refractivity contribution in [3.8, 4) is 0 Å². The van der Waals surface area contributed by atoms with E-state index in [1.807, 2.05) is 79.5 Å². The third-order valence-electron chi connectivity index (χ3n) is 29.7. The van der Waals surface area contributed by atoms with Gasteiger partial charge in [0.1, 0.15) is 0 Å². The zero-order valence-electron chi connectivity index (χ0n) is 84.2. The van der Waals surface area contributed by atoms with Crippen molar-refractivity contribution in [2.45, 2.75) is 300 Å². The van der Waals surface area contributed by atoms with Gasteiger partial charge in [0.15, 0.2) is 0 Å². The smallest absolute Gasteiger partial charge is 0.0683 e. The maximum Gasteiger partial charge on any atom is 0.0683 e. The number of ether oxygens (including phenoxy) is 5. The Morgan fingerprint density at radius 2 is 0.674 bits per heavy atom. The molecule has 6 saturated carbocycles. The van der Waals surface area contributed by atoms with E-state index in [1.165, 1.54) is 234 Å². The minimum absolute atomic E-state index is 0.222. The molecular weight excluding hydrogens is 1620 g/mol. The number of aromatic amines is 6. The third-order valence-corrected chi connectivity index (χ3v) is 29.7. The third kappa shape index (κ3) is 36.3. The van der Waals surface area contributed by atoms with Crippen molar-refractivity contribution < 1.29 is 23.7 Å². The number of H-pyrrole nitrogens is 6. The molecule has 14 rings (SSSR count). The summed E-state index contributed by atoms with van der Waals surface area (Å²) in [6, 6.07) is 0. The van der Waals surface area contributed by atoms with Gasteiger partial charge in [-0.15, -0.1) is 0 Å². The predicted molar refractivity (Wildman–Crippen MR) is 525 cm³/mol. The molecule has 6 aromatic rings. The minimum Gasteiger partial charge on any atom is -0.385 e. The van der Waals surface area contributed by atoms with E-state index < -0.39 is 0 Å². The van der Waals surface area contributed by atoms with Crippen LogP contribution in [0.1, 0.15) is 311 Å². The molecule has 8 aliphatic rings. The van der Waals surface area contributed by atoms with E-state index >= 15 is 0 Å². The molecule has 2 saturated heterocycles. The molecule has 8 fully saturated rings. The Bertz CT molecular complexity index is 3720. The van der Waals surface area contributed by atoms with Gasteiger partial charge in [0, 0.05) is 262 Å². The first-order chi connectivity index (χ1) is 62.5. The molecule has 6 aliphatic carbocycles. The number of rotatable bonds is 43. The van der Waals surface area contributed by atoms with Gasteiger partial charge in [-0.1, -0.05) is 13.8 Å². The van der Waals surface area contributed by atoms with Gasteiger partial charge in [0.05, 0.1) is 61.6 Å². The van der Waals surface area contributed by atoms with Crippen LogP contribution in [0.4, 0.5) is 0 Å². The van der Waals surface area contributed by atoms with Crippen LogP contribution in [0.25, 0.3) is 0 Å². The molecule has 8 heterocycles. The van der Waals surface area contributed by atoms with Crippen LogP contribution in [0.15, 0.2) is 37.2 Å². The highest BCUT2D eigenvalue weighted by atomic mass is 16.5. The molecule has 129 heavy (non-hydrogen) atoms. The van der Waals surface area contributed by atoms with E-state index in [1.54, 1.807) is 14.2 Å². The van der Waals surface area contributed by atoms with E-state index in [2.05, 4.69) is 192 Å². The van der Waals surface area contributed by atoms with Crippen molar-refractivity contribution in [1.29, 1.82) is 0 Å². The quantitative estimate of drug-likeness (QED) is 0.0169. The van der Waals surface area contributed by atoms with Gasteiger partial charge < -0.3 is 85.0 Å². The lowest BCUT2D eigenvalue weighted by Gasteiger charge is -2.36. The Hall–Kier alpha value is -5.42. The second kappa shape index (κ2) is 58.1. The minimum atomic E-state index is 0.222. The number of nitrogens with zero attached hydrogens (tertiary/aromatic N) is 12. The highest BCUT2D eigenvalue weighted by Gasteiger charge is 2.42. The van der Waals surface area contributed by atoms with Gasteiger partial charge in [-0.2, -0.15) is 30.6 Å². The molecular formula is C100H184N24O5. The Morgan fingerprint density at radius 3 is 0.953 bits per heavy atom. The van der Waals surface area contributed by atoms with Crippen molar-refractivity contribution in [3.05, 3.63) is 105 Å². The Kier molecular flexibility index (Phi) is 48.3. The number of methoxy groups -OCH3 is 2. The van der Waals surface area contributed by atoms with E-state index in [0.29, 0.717) is 58.5 Å². The van der Waals surface area contributed by atoms with Gasteiger partial charge in [0.2, 0.25) is 0 Å². The lowest BCUT2D eigenvalue weighted by molar-refractivity contribution is -0.0284. The van der Waals surface area contributed by atoms with Gasteiger partial charge >= 0.3 is 0 Å². The Labute approximate surface area is 779 Å². The highest BCUT2D eigenvalue weighted by Crippen LogP contribution is 2.49. The fourth-order valence-electron chi connectivity index (χ4n) is 21.4. The summed E-state index contributed by atoms with van der Waals surface area (Å²) in [5.41, 5.74) is 17.7. The number of hydrogen-bond acceptors (Lipinski definition) is 23. The van der Waals surface area contributed by atoms with E-state index in [4.69, 9.17) is 23.7 Å². The average Bonchev–Trinajstić information content (AvgIpc) is 1.60. The van der Waals surface area contributed by atoms with Crippen LogP contribution >= 0.6 is 0 Å². The zero-order valence-corrected chi connectivity index (χ0v) is 84.2. The van der Waals surface area contributed by atoms with Crippen LogP contribution in [-0.2, 0) is 63.0 Å². The summed E-state index contributed by atoms with van der Waals surface area (Å²) in [4.78, 5) is 14.1. The summed E-state index contributed by atoms with van der Waals surface area (Å²) in [6.07, 6.45) is 48.1. The molecule has 2 spiro atoms.